The van der Waals surface area contributed by atoms with Crippen molar-refractivity contribution in [3.63, 3.8) is 0 Å². The van der Waals surface area contributed by atoms with Crippen LogP contribution in [0.3, 0.4) is 0 Å². The molecule has 2 aromatic rings. The Morgan fingerprint density at radius 2 is 1.89 bits per heavy atom. The van der Waals surface area contributed by atoms with Gasteiger partial charge in [0.25, 0.3) is 0 Å². The van der Waals surface area contributed by atoms with E-state index in [1.807, 2.05) is 18.2 Å². The third-order valence-corrected chi connectivity index (χ3v) is 3.50. The minimum atomic E-state index is -0.153. The monoisotopic (exact) mass is 262 g/mol. The lowest BCUT2D eigenvalue weighted by molar-refractivity contribution is 0.598. The highest BCUT2D eigenvalue weighted by molar-refractivity contribution is 6.18. The molecule has 0 nitrogen and oxygen atoms in total. The highest BCUT2D eigenvalue weighted by Gasteiger charge is 2.13. The van der Waals surface area contributed by atoms with E-state index in [1.165, 1.54) is 17.2 Å². The Kier molecular flexibility index (Phi) is 4.38. The number of hydrogen-bond acceptors (Lipinski definition) is 0. The molecule has 1 unspecified atom stereocenters. The topological polar surface area (TPSA) is 0 Å². The van der Waals surface area contributed by atoms with Crippen LogP contribution < -0.4 is 0 Å². The number of halogens is 2. The Morgan fingerprint density at radius 1 is 1.11 bits per heavy atom. The van der Waals surface area contributed by atoms with E-state index in [9.17, 15) is 4.39 Å². The minimum Gasteiger partial charge on any atom is -0.207 e. The van der Waals surface area contributed by atoms with Gasteiger partial charge in [-0.2, -0.15) is 0 Å². The summed E-state index contributed by atoms with van der Waals surface area (Å²) in [5.41, 5.74) is 3.11. The van der Waals surface area contributed by atoms with Crippen LogP contribution in [0.4, 0.5) is 4.39 Å². The second-order valence-electron chi connectivity index (χ2n) is 4.56. The summed E-state index contributed by atoms with van der Waals surface area (Å²) < 4.78 is 13.6. The van der Waals surface area contributed by atoms with Crippen molar-refractivity contribution in [3.8, 4) is 0 Å². The third-order valence-electron chi connectivity index (χ3n) is 3.12. The molecule has 0 bridgehead atoms. The summed E-state index contributed by atoms with van der Waals surface area (Å²) in [5.74, 6) is 0.501. The molecule has 0 aliphatic rings. The van der Waals surface area contributed by atoms with Crippen LogP contribution in [0, 0.1) is 12.7 Å². The fourth-order valence-electron chi connectivity index (χ4n) is 2.11. The lowest BCUT2D eigenvalue weighted by atomic mass is 9.92. The van der Waals surface area contributed by atoms with Crippen LogP contribution in [-0.4, -0.2) is 5.88 Å². The van der Waals surface area contributed by atoms with Crippen molar-refractivity contribution < 1.29 is 4.39 Å². The standard InChI is InChI=1S/C16H16ClF/c1-12-5-4-7-13(9-12)15(11-17)10-14-6-2-3-8-16(14)18/h2-9,15H,10-11H2,1H3. The summed E-state index contributed by atoms with van der Waals surface area (Å²) >= 11 is 6.03. The zero-order valence-electron chi connectivity index (χ0n) is 10.4. The summed E-state index contributed by atoms with van der Waals surface area (Å²) in [6, 6.07) is 15.1. The normalized spacial score (nSPS) is 12.4. The van der Waals surface area contributed by atoms with Crippen LogP contribution >= 0.6 is 11.6 Å². The largest absolute Gasteiger partial charge is 0.207 e. The summed E-state index contributed by atoms with van der Waals surface area (Å²) in [7, 11) is 0. The van der Waals surface area contributed by atoms with Crippen LogP contribution in [0.2, 0.25) is 0 Å². The van der Waals surface area contributed by atoms with Crippen molar-refractivity contribution in [2.75, 3.05) is 5.88 Å². The van der Waals surface area contributed by atoms with Gasteiger partial charge in [-0.3, -0.25) is 0 Å². The van der Waals surface area contributed by atoms with Gasteiger partial charge in [0.05, 0.1) is 0 Å². The van der Waals surface area contributed by atoms with E-state index in [2.05, 4.69) is 25.1 Å². The third kappa shape index (κ3) is 3.11. The first-order chi connectivity index (χ1) is 8.70. The molecule has 0 aliphatic carbocycles. The van der Waals surface area contributed by atoms with E-state index in [1.54, 1.807) is 6.07 Å². The van der Waals surface area contributed by atoms with Crippen molar-refractivity contribution in [2.45, 2.75) is 19.3 Å². The van der Waals surface area contributed by atoms with E-state index in [-0.39, 0.29) is 11.7 Å². The van der Waals surface area contributed by atoms with Crippen LogP contribution in [0.25, 0.3) is 0 Å². The molecule has 0 aromatic heterocycles. The van der Waals surface area contributed by atoms with Gasteiger partial charge in [0.1, 0.15) is 5.82 Å². The van der Waals surface area contributed by atoms with E-state index in [0.717, 1.165) is 5.56 Å². The molecule has 0 saturated carbocycles. The fraction of sp³-hybridized carbons (Fsp3) is 0.250. The molecule has 0 N–H and O–H groups in total. The molecule has 0 aliphatic heterocycles. The first-order valence-electron chi connectivity index (χ1n) is 6.06. The van der Waals surface area contributed by atoms with Gasteiger partial charge in [0, 0.05) is 11.8 Å². The molecule has 2 rings (SSSR count). The molecule has 0 heterocycles. The van der Waals surface area contributed by atoms with Crippen LogP contribution in [-0.2, 0) is 6.42 Å². The maximum atomic E-state index is 13.6. The van der Waals surface area contributed by atoms with Gasteiger partial charge in [-0.05, 0) is 30.5 Å². The summed E-state index contributed by atoms with van der Waals surface area (Å²) in [4.78, 5) is 0. The molecule has 0 fully saturated rings. The molecule has 18 heavy (non-hydrogen) atoms. The van der Waals surface area contributed by atoms with Gasteiger partial charge in [0.2, 0.25) is 0 Å². The maximum Gasteiger partial charge on any atom is 0.126 e. The van der Waals surface area contributed by atoms with Crippen LogP contribution in [0.15, 0.2) is 48.5 Å². The molecule has 94 valence electrons. The fourth-order valence-corrected chi connectivity index (χ4v) is 2.40. The second-order valence-corrected chi connectivity index (χ2v) is 4.87. The summed E-state index contributed by atoms with van der Waals surface area (Å²) in [6.07, 6.45) is 0.639. The highest BCUT2D eigenvalue weighted by Crippen LogP contribution is 2.24. The van der Waals surface area contributed by atoms with Gasteiger partial charge in [-0.1, -0.05) is 48.0 Å². The van der Waals surface area contributed by atoms with Gasteiger partial charge in [-0.15, -0.1) is 11.6 Å². The van der Waals surface area contributed by atoms with Crippen molar-refractivity contribution in [1.82, 2.24) is 0 Å². The maximum absolute atomic E-state index is 13.6. The molecule has 0 saturated heterocycles. The number of alkyl halides is 1. The molecular formula is C16H16ClF. The SMILES string of the molecule is Cc1cccc(C(CCl)Cc2ccccc2F)c1. The summed E-state index contributed by atoms with van der Waals surface area (Å²) in [6.45, 7) is 2.05. The average molecular weight is 263 g/mol. The van der Waals surface area contributed by atoms with E-state index in [4.69, 9.17) is 11.6 Å². The van der Waals surface area contributed by atoms with Crippen LogP contribution in [0.5, 0.6) is 0 Å². The predicted molar refractivity (Wildman–Crippen MR) is 74.7 cm³/mol. The minimum absolute atomic E-state index is 0.153. The van der Waals surface area contributed by atoms with Gasteiger partial charge in [-0.25, -0.2) is 4.39 Å². The average Bonchev–Trinajstić information content (AvgIpc) is 2.38. The van der Waals surface area contributed by atoms with Crippen molar-refractivity contribution >= 4 is 11.6 Å². The lowest BCUT2D eigenvalue weighted by Crippen LogP contribution is -2.06. The zero-order chi connectivity index (χ0) is 13.0. The zero-order valence-corrected chi connectivity index (χ0v) is 11.1. The Bertz CT molecular complexity index is 522. The molecule has 0 radical (unpaired) electrons. The van der Waals surface area contributed by atoms with Crippen molar-refractivity contribution in [2.24, 2.45) is 0 Å². The first kappa shape index (κ1) is 13.1. The number of hydrogen-bond donors (Lipinski definition) is 0. The number of aryl methyl sites for hydroxylation is 1. The predicted octanol–water partition coefficient (Wildman–Crippen LogP) is 4.70. The Balaban J connectivity index is 2.23. The molecule has 2 heteroatoms. The summed E-state index contributed by atoms with van der Waals surface area (Å²) in [5, 5.41) is 0. The van der Waals surface area contributed by atoms with Gasteiger partial charge >= 0.3 is 0 Å². The van der Waals surface area contributed by atoms with Crippen LogP contribution in [0.1, 0.15) is 22.6 Å². The van der Waals surface area contributed by atoms with E-state index >= 15 is 0 Å². The Labute approximate surface area is 112 Å². The smallest absolute Gasteiger partial charge is 0.126 e. The van der Waals surface area contributed by atoms with E-state index in [0.29, 0.717) is 12.3 Å². The van der Waals surface area contributed by atoms with E-state index < -0.39 is 0 Å². The number of rotatable bonds is 4. The molecule has 0 amide bonds. The van der Waals surface area contributed by atoms with Gasteiger partial charge < -0.3 is 0 Å². The molecular weight excluding hydrogens is 247 g/mol. The first-order valence-corrected chi connectivity index (χ1v) is 6.60. The second kappa shape index (κ2) is 6.01. The van der Waals surface area contributed by atoms with Gasteiger partial charge in [0.15, 0.2) is 0 Å². The Hall–Kier alpha value is -1.34. The highest BCUT2D eigenvalue weighted by atomic mass is 35.5. The molecule has 1 atom stereocenters. The number of benzene rings is 2. The lowest BCUT2D eigenvalue weighted by Gasteiger charge is -2.15. The quantitative estimate of drug-likeness (QED) is 0.701. The molecule has 0 spiro atoms. The van der Waals surface area contributed by atoms with Crippen molar-refractivity contribution in [1.29, 1.82) is 0 Å². The molecule has 2 aromatic carbocycles. The van der Waals surface area contributed by atoms with Crippen molar-refractivity contribution in [3.05, 3.63) is 71.0 Å². The Morgan fingerprint density at radius 3 is 2.56 bits per heavy atom.